The monoisotopic (exact) mass is 426 g/mol. The zero-order valence-corrected chi connectivity index (χ0v) is 17.1. The lowest BCUT2D eigenvalue weighted by atomic mass is 10.2. The summed E-state index contributed by atoms with van der Waals surface area (Å²) in [6, 6.07) is 8.53. The summed E-state index contributed by atoms with van der Waals surface area (Å²) in [5.41, 5.74) is 1.36. The second-order valence-corrected chi connectivity index (χ2v) is 7.43. The Bertz CT molecular complexity index is 1120. The maximum Gasteiger partial charge on any atom is 0.246 e. The minimum absolute atomic E-state index is 0.0216. The Morgan fingerprint density at radius 3 is 3.00 bits per heavy atom. The maximum absolute atomic E-state index is 14.3. The Morgan fingerprint density at radius 2 is 2.20 bits per heavy atom. The third kappa shape index (κ3) is 3.78. The maximum atomic E-state index is 14.3. The molecule has 1 amide bonds. The number of benzene rings is 1. The van der Waals surface area contributed by atoms with E-state index in [0.717, 1.165) is 18.8 Å². The summed E-state index contributed by atoms with van der Waals surface area (Å²) in [6.07, 6.45) is 3.55. The molecule has 1 fully saturated rings. The number of anilines is 3. The average molecular weight is 427 g/mol. The van der Waals surface area contributed by atoms with Gasteiger partial charge in [0.05, 0.1) is 22.3 Å². The number of rotatable bonds is 5. The normalized spacial score (nSPS) is 16.0. The van der Waals surface area contributed by atoms with Gasteiger partial charge in [0.25, 0.3) is 0 Å². The highest BCUT2D eigenvalue weighted by Gasteiger charge is 2.28. The van der Waals surface area contributed by atoms with Gasteiger partial charge in [-0.15, -0.1) is 0 Å². The van der Waals surface area contributed by atoms with Crippen LogP contribution in [0.15, 0.2) is 49.3 Å². The predicted octanol–water partition coefficient (Wildman–Crippen LogP) is 3.78. The van der Waals surface area contributed by atoms with Crippen LogP contribution in [0, 0.1) is 5.82 Å². The first-order valence-electron chi connectivity index (χ1n) is 9.45. The van der Waals surface area contributed by atoms with Crippen molar-refractivity contribution in [3.05, 3.63) is 60.2 Å². The fourth-order valence-electron chi connectivity index (χ4n) is 3.52. The minimum atomic E-state index is -0.556. The number of nitrogens with zero attached hydrogens (tertiary/aromatic N) is 5. The number of amides is 1. The summed E-state index contributed by atoms with van der Waals surface area (Å²) in [5, 5.41) is 2.99. The van der Waals surface area contributed by atoms with Gasteiger partial charge in [0, 0.05) is 20.1 Å². The quantitative estimate of drug-likeness (QED) is 0.626. The standard InChI is InChI=1S/C21H20ClFN6O/c1-3-18(30)28(2)13-9-10-29(11-13)17-8-7-16-20(27-17)21(25-12-24-16)26-15-6-4-5-14(22)19(15)23/h3-8,12-13H,1,9-11H2,2H3,(H,24,25,26). The minimum Gasteiger partial charge on any atom is -0.354 e. The second-order valence-electron chi connectivity index (χ2n) is 7.03. The third-order valence-corrected chi connectivity index (χ3v) is 5.52. The summed E-state index contributed by atoms with van der Waals surface area (Å²) in [4.78, 5) is 28.9. The van der Waals surface area contributed by atoms with Crippen molar-refractivity contribution in [3.8, 4) is 0 Å². The number of likely N-dealkylation sites (N-methyl/N-ethyl adjacent to an activating group) is 1. The molecule has 0 aliphatic carbocycles. The third-order valence-electron chi connectivity index (χ3n) is 5.23. The van der Waals surface area contributed by atoms with Crippen molar-refractivity contribution in [1.82, 2.24) is 19.9 Å². The van der Waals surface area contributed by atoms with Crippen LogP contribution in [0.3, 0.4) is 0 Å². The average Bonchev–Trinajstić information content (AvgIpc) is 3.26. The molecule has 0 spiro atoms. The van der Waals surface area contributed by atoms with E-state index in [2.05, 4.69) is 26.8 Å². The number of carbonyl (C=O) groups is 1. The van der Waals surface area contributed by atoms with Gasteiger partial charge in [0.1, 0.15) is 17.7 Å². The molecule has 3 heterocycles. The number of nitrogens with one attached hydrogen (secondary N) is 1. The molecule has 1 aliphatic rings. The van der Waals surface area contributed by atoms with Crippen molar-refractivity contribution in [2.45, 2.75) is 12.5 Å². The first-order chi connectivity index (χ1) is 14.5. The summed E-state index contributed by atoms with van der Waals surface area (Å²) in [7, 11) is 1.78. The molecular formula is C21H20ClFN6O. The van der Waals surface area contributed by atoms with Gasteiger partial charge in [0.15, 0.2) is 11.6 Å². The van der Waals surface area contributed by atoms with Crippen molar-refractivity contribution in [3.63, 3.8) is 0 Å². The zero-order valence-electron chi connectivity index (χ0n) is 16.3. The largest absolute Gasteiger partial charge is 0.354 e. The summed E-state index contributed by atoms with van der Waals surface area (Å²) < 4.78 is 14.3. The Morgan fingerprint density at radius 1 is 1.37 bits per heavy atom. The van der Waals surface area contributed by atoms with Crippen LogP contribution in [-0.2, 0) is 4.79 Å². The molecule has 1 N–H and O–H groups in total. The molecule has 4 rings (SSSR count). The molecule has 3 aromatic rings. The van der Waals surface area contributed by atoms with Crippen LogP contribution >= 0.6 is 11.6 Å². The van der Waals surface area contributed by atoms with E-state index < -0.39 is 5.82 Å². The second kappa shape index (κ2) is 8.23. The molecule has 154 valence electrons. The smallest absolute Gasteiger partial charge is 0.246 e. The van der Waals surface area contributed by atoms with Crippen molar-refractivity contribution in [1.29, 1.82) is 0 Å². The lowest BCUT2D eigenvalue weighted by molar-refractivity contribution is -0.126. The SMILES string of the molecule is C=CC(=O)N(C)C1CCN(c2ccc3ncnc(Nc4cccc(Cl)c4F)c3n2)C1. The Balaban J connectivity index is 1.63. The molecule has 1 aromatic carbocycles. The van der Waals surface area contributed by atoms with Gasteiger partial charge >= 0.3 is 0 Å². The van der Waals surface area contributed by atoms with E-state index in [9.17, 15) is 9.18 Å². The molecule has 1 atom stereocenters. The van der Waals surface area contributed by atoms with Crippen molar-refractivity contribution >= 4 is 45.9 Å². The van der Waals surface area contributed by atoms with Gasteiger partial charge in [-0.05, 0) is 36.8 Å². The molecule has 30 heavy (non-hydrogen) atoms. The number of halogens is 2. The Kier molecular flexibility index (Phi) is 5.50. The zero-order chi connectivity index (χ0) is 21.3. The summed E-state index contributed by atoms with van der Waals surface area (Å²) in [5.74, 6) is 0.475. The molecule has 0 saturated carbocycles. The molecule has 1 unspecified atom stereocenters. The van der Waals surface area contributed by atoms with Gasteiger partial charge in [-0.2, -0.15) is 0 Å². The molecule has 1 aliphatic heterocycles. The van der Waals surface area contributed by atoms with Crippen LogP contribution in [0.4, 0.5) is 21.7 Å². The number of pyridine rings is 1. The van der Waals surface area contributed by atoms with Crippen molar-refractivity contribution in [2.24, 2.45) is 0 Å². The van der Waals surface area contributed by atoms with Crippen LogP contribution in [0.2, 0.25) is 5.02 Å². The van der Waals surface area contributed by atoms with Crippen LogP contribution in [-0.4, -0.2) is 51.9 Å². The van der Waals surface area contributed by atoms with E-state index in [0.29, 0.717) is 23.4 Å². The molecule has 2 aromatic heterocycles. The molecule has 0 radical (unpaired) electrons. The van der Waals surface area contributed by atoms with Crippen LogP contribution in [0.25, 0.3) is 11.0 Å². The molecule has 9 heteroatoms. The molecule has 0 bridgehead atoms. The Hall–Kier alpha value is -3.26. The van der Waals surface area contributed by atoms with E-state index >= 15 is 0 Å². The summed E-state index contributed by atoms with van der Waals surface area (Å²) in [6.45, 7) is 4.97. The lowest BCUT2D eigenvalue weighted by Crippen LogP contribution is -2.38. The fraction of sp³-hybridized carbons (Fsp3) is 0.238. The van der Waals surface area contributed by atoms with Crippen LogP contribution in [0.5, 0.6) is 0 Å². The first kappa shape index (κ1) is 20.0. The number of hydrogen-bond donors (Lipinski definition) is 1. The van der Waals surface area contributed by atoms with Crippen LogP contribution in [0.1, 0.15) is 6.42 Å². The van der Waals surface area contributed by atoms with E-state index in [-0.39, 0.29) is 22.7 Å². The predicted molar refractivity (Wildman–Crippen MR) is 116 cm³/mol. The summed E-state index contributed by atoms with van der Waals surface area (Å²) >= 11 is 5.88. The van der Waals surface area contributed by atoms with E-state index in [1.807, 2.05) is 12.1 Å². The number of hydrogen-bond acceptors (Lipinski definition) is 6. The van der Waals surface area contributed by atoms with E-state index in [1.54, 1.807) is 24.1 Å². The highest BCUT2D eigenvalue weighted by atomic mass is 35.5. The fourth-order valence-corrected chi connectivity index (χ4v) is 3.69. The Labute approximate surface area is 178 Å². The number of carbonyl (C=O) groups excluding carboxylic acids is 1. The molecule has 7 nitrogen and oxygen atoms in total. The van der Waals surface area contributed by atoms with Gasteiger partial charge in [-0.3, -0.25) is 4.79 Å². The molecular weight excluding hydrogens is 407 g/mol. The van der Waals surface area contributed by atoms with Gasteiger partial charge in [-0.25, -0.2) is 19.3 Å². The van der Waals surface area contributed by atoms with Crippen LogP contribution < -0.4 is 10.2 Å². The highest BCUT2D eigenvalue weighted by Crippen LogP contribution is 2.29. The van der Waals surface area contributed by atoms with Crippen molar-refractivity contribution in [2.75, 3.05) is 30.4 Å². The molecule has 1 saturated heterocycles. The van der Waals surface area contributed by atoms with Gasteiger partial charge in [-0.1, -0.05) is 24.2 Å². The van der Waals surface area contributed by atoms with E-state index in [1.165, 1.54) is 18.5 Å². The lowest BCUT2D eigenvalue weighted by Gasteiger charge is -2.24. The number of fused-ring (bicyclic) bond motifs is 1. The van der Waals surface area contributed by atoms with Gasteiger partial charge in [0.2, 0.25) is 5.91 Å². The highest BCUT2D eigenvalue weighted by molar-refractivity contribution is 6.31. The van der Waals surface area contributed by atoms with Gasteiger partial charge < -0.3 is 15.1 Å². The van der Waals surface area contributed by atoms with E-state index in [4.69, 9.17) is 16.6 Å². The first-order valence-corrected chi connectivity index (χ1v) is 9.82. The number of aromatic nitrogens is 3. The van der Waals surface area contributed by atoms with Crippen molar-refractivity contribution < 1.29 is 9.18 Å². The topological polar surface area (TPSA) is 74.2 Å².